The average Bonchev–Trinajstić information content (AvgIpc) is 3.66. The Morgan fingerprint density at radius 1 is 0.929 bits per heavy atom. The maximum absolute atomic E-state index is 13.3. The summed E-state index contributed by atoms with van der Waals surface area (Å²) in [5, 5.41) is 4.40. The molecular formula is C34H38N4O3S. The fourth-order valence-electron chi connectivity index (χ4n) is 6.30. The first-order chi connectivity index (χ1) is 20.6. The molecule has 0 amide bonds. The van der Waals surface area contributed by atoms with Crippen molar-refractivity contribution in [1.82, 2.24) is 14.2 Å². The molecule has 0 radical (unpaired) electrons. The van der Waals surface area contributed by atoms with Gasteiger partial charge in [-0.2, -0.15) is 0 Å². The third-order valence-electron chi connectivity index (χ3n) is 8.49. The van der Waals surface area contributed by atoms with Crippen molar-refractivity contribution in [2.75, 3.05) is 50.8 Å². The molecular weight excluding hydrogens is 544 g/mol. The van der Waals surface area contributed by atoms with Crippen LogP contribution < -0.4 is 15.0 Å². The Bertz CT molecular complexity index is 1670. The van der Waals surface area contributed by atoms with Gasteiger partial charge in [-0.05, 0) is 79.8 Å². The highest BCUT2D eigenvalue weighted by Gasteiger charge is 2.25. The Morgan fingerprint density at radius 2 is 1.74 bits per heavy atom. The predicted molar refractivity (Wildman–Crippen MR) is 169 cm³/mol. The van der Waals surface area contributed by atoms with Crippen molar-refractivity contribution in [2.24, 2.45) is 0 Å². The summed E-state index contributed by atoms with van der Waals surface area (Å²) in [6.07, 6.45) is 11.3. The number of nitrogens with one attached hydrogen (secondary N) is 1. The van der Waals surface area contributed by atoms with E-state index >= 15 is 0 Å². The van der Waals surface area contributed by atoms with Gasteiger partial charge in [0.2, 0.25) is 0 Å². The third kappa shape index (κ3) is 5.78. The summed E-state index contributed by atoms with van der Waals surface area (Å²) in [7, 11) is -3.65. The number of rotatable bonds is 11. The van der Waals surface area contributed by atoms with Gasteiger partial charge in [-0.15, -0.1) is 6.42 Å². The number of piperazine rings is 1. The highest BCUT2D eigenvalue weighted by molar-refractivity contribution is 7.90. The molecule has 1 aliphatic heterocycles. The monoisotopic (exact) mass is 582 g/mol. The summed E-state index contributed by atoms with van der Waals surface area (Å²) in [5.41, 5.74) is 4.45. The average molecular weight is 583 g/mol. The Hall–Kier alpha value is -3.77. The van der Waals surface area contributed by atoms with E-state index in [9.17, 15) is 8.42 Å². The second-order valence-electron chi connectivity index (χ2n) is 11.0. The molecule has 1 unspecified atom stereocenters. The van der Waals surface area contributed by atoms with Crippen molar-refractivity contribution >= 4 is 26.6 Å². The van der Waals surface area contributed by atoms with Gasteiger partial charge in [0.25, 0.3) is 10.0 Å². The zero-order valence-electron chi connectivity index (χ0n) is 23.9. The summed E-state index contributed by atoms with van der Waals surface area (Å²) in [4.78, 5) is 5.19. The molecule has 42 heavy (non-hydrogen) atoms. The smallest absolute Gasteiger partial charge is 0.268 e. The molecule has 0 bridgehead atoms. The summed E-state index contributed by atoms with van der Waals surface area (Å²) in [5.74, 6) is 3.69. The first-order valence-electron chi connectivity index (χ1n) is 14.9. The number of aromatic nitrogens is 1. The number of benzene rings is 3. The minimum Gasteiger partial charge on any atom is -0.493 e. The van der Waals surface area contributed by atoms with Crippen LogP contribution in [0.3, 0.4) is 0 Å². The number of fused-ring (bicyclic) bond motifs is 2. The quantitative estimate of drug-likeness (QED) is 0.197. The number of hydrogen-bond acceptors (Lipinski definition) is 6. The molecule has 3 aromatic carbocycles. The zero-order chi connectivity index (χ0) is 28.9. The highest BCUT2D eigenvalue weighted by atomic mass is 32.2. The normalized spacial score (nSPS) is 17.3. The molecule has 2 heterocycles. The first kappa shape index (κ1) is 28.4. The van der Waals surface area contributed by atoms with E-state index in [1.165, 1.54) is 15.1 Å². The number of ether oxygens (including phenoxy) is 1. The van der Waals surface area contributed by atoms with Gasteiger partial charge >= 0.3 is 0 Å². The molecule has 4 aromatic rings. The van der Waals surface area contributed by atoms with Gasteiger partial charge < -0.3 is 9.64 Å². The largest absolute Gasteiger partial charge is 0.493 e. The fourth-order valence-corrected chi connectivity index (χ4v) is 7.67. The number of hydrogen-bond donors (Lipinski definition) is 1. The third-order valence-corrected chi connectivity index (χ3v) is 10.2. The van der Waals surface area contributed by atoms with Crippen molar-refractivity contribution in [1.29, 1.82) is 0 Å². The van der Waals surface area contributed by atoms with E-state index in [1.54, 1.807) is 30.5 Å². The molecule has 218 valence electrons. The number of anilines is 1. The van der Waals surface area contributed by atoms with E-state index in [0.29, 0.717) is 23.0 Å². The second kappa shape index (κ2) is 12.6. The molecule has 8 heteroatoms. The molecule has 1 aliphatic carbocycles. The van der Waals surface area contributed by atoms with Crippen molar-refractivity contribution in [3.8, 4) is 18.1 Å². The van der Waals surface area contributed by atoms with Crippen LogP contribution in [0.5, 0.6) is 5.75 Å². The van der Waals surface area contributed by atoms with Crippen LogP contribution in [0.25, 0.3) is 10.9 Å². The highest BCUT2D eigenvalue weighted by Crippen LogP contribution is 2.37. The van der Waals surface area contributed by atoms with Crippen LogP contribution in [-0.4, -0.2) is 63.2 Å². The zero-order valence-corrected chi connectivity index (χ0v) is 24.7. The summed E-state index contributed by atoms with van der Waals surface area (Å²) in [6.45, 7) is 6.17. The Balaban J connectivity index is 0.996. The van der Waals surface area contributed by atoms with Gasteiger partial charge in [0.1, 0.15) is 5.75 Å². The van der Waals surface area contributed by atoms with Crippen LogP contribution in [0.2, 0.25) is 0 Å². The lowest BCUT2D eigenvalue weighted by Crippen LogP contribution is -2.46. The Morgan fingerprint density at radius 3 is 2.55 bits per heavy atom. The van der Waals surface area contributed by atoms with E-state index in [-0.39, 0.29) is 0 Å². The number of unbranched alkanes of at least 4 members (excludes halogenated alkanes) is 1. The fraction of sp³-hybridized carbons (Fsp3) is 0.353. The van der Waals surface area contributed by atoms with Crippen LogP contribution in [0, 0.1) is 12.3 Å². The van der Waals surface area contributed by atoms with Crippen molar-refractivity contribution in [3.05, 3.63) is 90.1 Å². The number of terminal acetylenes is 1. The van der Waals surface area contributed by atoms with Crippen molar-refractivity contribution < 1.29 is 13.2 Å². The lowest BCUT2D eigenvalue weighted by molar-refractivity contribution is 0.238. The van der Waals surface area contributed by atoms with Gasteiger partial charge in [-0.3, -0.25) is 10.2 Å². The Kier molecular flexibility index (Phi) is 8.52. The molecule has 1 N–H and O–H groups in total. The maximum atomic E-state index is 13.3. The van der Waals surface area contributed by atoms with Crippen LogP contribution in [0.1, 0.15) is 36.4 Å². The summed E-state index contributed by atoms with van der Waals surface area (Å²) < 4.78 is 34.2. The van der Waals surface area contributed by atoms with E-state index in [2.05, 4.69) is 45.3 Å². The topological polar surface area (TPSA) is 66.8 Å². The standard InChI is InChI=1S/C34H38N4O3S/c1-2-19-35-31-17-16-29-28(31)12-8-15-34(29)41-26-7-6-20-36-22-24-37(25-23-36)32-13-9-14-33-30(32)18-21-38(33)42(39,40)27-10-4-3-5-11-27/h1,3-5,8-15,18,21,31,35H,6-7,16-17,19-20,22-26H2. The van der Waals surface area contributed by atoms with E-state index in [0.717, 1.165) is 81.8 Å². The molecule has 1 aromatic heterocycles. The van der Waals surface area contributed by atoms with Crippen LogP contribution in [0.15, 0.2) is 83.9 Å². The summed E-state index contributed by atoms with van der Waals surface area (Å²) in [6, 6.07) is 23.2. The molecule has 7 nitrogen and oxygen atoms in total. The van der Waals surface area contributed by atoms with Crippen LogP contribution in [0.4, 0.5) is 5.69 Å². The molecule has 6 rings (SSSR count). The molecule has 1 fully saturated rings. The van der Waals surface area contributed by atoms with E-state index in [1.807, 2.05) is 24.3 Å². The van der Waals surface area contributed by atoms with E-state index < -0.39 is 10.0 Å². The SMILES string of the molecule is C#CCNC1CCc2c(OCCCCN3CCN(c4cccc5c4ccn5S(=O)(=O)c4ccccc4)CC3)cccc21. The van der Waals surface area contributed by atoms with Gasteiger partial charge in [0.05, 0.1) is 23.6 Å². The van der Waals surface area contributed by atoms with Crippen LogP contribution in [-0.2, 0) is 16.4 Å². The molecule has 1 saturated heterocycles. The van der Waals surface area contributed by atoms with Gasteiger partial charge in [-0.1, -0.05) is 42.3 Å². The number of nitrogens with zero attached hydrogens (tertiary/aromatic N) is 3. The van der Waals surface area contributed by atoms with Crippen molar-refractivity contribution in [3.63, 3.8) is 0 Å². The second-order valence-corrected chi connectivity index (χ2v) is 12.8. The summed E-state index contributed by atoms with van der Waals surface area (Å²) >= 11 is 0. The maximum Gasteiger partial charge on any atom is 0.268 e. The van der Waals surface area contributed by atoms with Gasteiger partial charge in [0.15, 0.2) is 0 Å². The molecule has 1 atom stereocenters. The van der Waals surface area contributed by atoms with Crippen LogP contribution >= 0.6 is 0 Å². The minimum absolute atomic E-state index is 0.293. The van der Waals surface area contributed by atoms with Gasteiger partial charge in [-0.25, -0.2) is 12.4 Å². The lowest BCUT2D eigenvalue weighted by Gasteiger charge is -2.36. The molecule has 0 saturated carbocycles. The Labute approximate surface area is 249 Å². The minimum atomic E-state index is -3.65. The molecule has 2 aliphatic rings. The first-order valence-corrected chi connectivity index (χ1v) is 16.3. The van der Waals surface area contributed by atoms with E-state index in [4.69, 9.17) is 11.2 Å². The molecule has 0 spiro atoms. The van der Waals surface area contributed by atoms with Crippen molar-refractivity contribution in [2.45, 2.75) is 36.6 Å². The predicted octanol–water partition coefficient (Wildman–Crippen LogP) is 5.07. The van der Waals surface area contributed by atoms with Gasteiger partial charge in [0, 0.05) is 49.5 Å². The lowest BCUT2D eigenvalue weighted by atomic mass is 10.1.